The first-order valence-electron chi connectivity index (χ1n) is 10.3. The van der Waals surface area contributed by atoms with Gasteiger partial charge in [-0.3, -0.25) is 4.79 Å². The molecule has 0 amide bonds. The van der Waals surface area contributed by atoms with Crippen LogP contribution in [0.15, 0.2) is 0 Å². The third-order valence-corrected chi connectivity index (χ3v) is 5.07. The molecular weight excluding hydrogens is 366 g/mol. The Bertz CT molecular complexity index is 262. The molecule has 0 aromatic heterocycles. The number of unbranched alkanes of at least 4 members (excludes halogenated alkanes) is 15. The monoisotopic (exact) mass is 405 g/mol. The van der Waals surface area contributed by atoms with Crippen molar-refractivity contribution in [3.8, 4) is 0 Å². The fourth-order valence-electron chi connectivity index (χ4n) is 3.01. The van der Waals surface area contributed by atoms with E-state index in [1.807, 2.05) is 0 Å². The van der Waals surface area contributed by atoms with Crippen molar-refractivity contribution < 1.29 is 9.90 Å². The summed E-state index contributed by atoms with van der Waals surface area (Å²) in [6.07, 6.45) is 21.9. The Morgan fingerprint density at radius 2 is 0.958 bits per heavy atom. The summed E-state index contributed by atoms with van der Waals surface area (Å²) in [5, 5.41) is 12.6. The van der Waals surface area contributed by atoms with Gasteiger partial charge in [0.2, 0.25) is 0 Å². The van der Waals surface area contributed by atoms with Crippen LogP contribution in [-0.2, 0) is 4.79 Å². The molecule has 0 rings (SSSR count). The summed E-state index contributed by atoms with van der Waals surface area (Å²) >= 11 is 3.48. The first kappa shape index (κ1) is 23.9. The highest BCUT2D eigenvalue weighted by molar-refractivity contribution is 9.09. The molecule has 2 N–H and O–H groups in total. The van der Waals surface area contributed by atoms with Crippen LogP contribution in [0.25, 0.3) is 0 Å². The molecule has 0 fully saturated rings. The van der Waals surface area contributed by atoms with Crippen molar-refractivity contribution in [3.63, 3.8) is 0 Å². The first-order valence-corrected chi connectivity index (χ1v) is 11.4. The van der Waals surface area contributed by atoms with Gasteiger partial charge in [0, 0.05) is 5.33 Å². The molecule has 0 aliphatic heterocycles. The summed E-state index contributed by atoms with van der Waals surface area (Å²) in [5.74, 6) is -0.764. The molecule has 0 aromatic carbocycles. The molecule has 0 saturated carbocycles. The summed E-state index contributed by atoms with van der Waals surface area (Å²) in [6, 6.07) is 0. The van der Waals surface area contributed by atoms with E-state index in [1.165, 1.54) is 96.3 Å². The molecule has 3 nitrogen and oxygen atoms in total. The number of nitrogens with one attached hydrogen (secondary N) is 1. The fourth-order valence-corrected chi connectivity index (χ4v) is 3.41. The molecule has 0 saturated heterocycles. The summed E-state index contributed by atoms with van der Waals surface area (Å²) in [4.78, 5) is 10.3. The molecule has 0 heterocycles. The van der Waals surface area contributed by atoms with Gasteiger partial charge in [0.1, 0.15) is 0 Å². The lowest BCUT2D eigenvalue weighted by atomic mass is 10.0. The van der Waals surface area contributed by atoms with Crippen LogP contribution in [0.4, 0.5) is 0 Å². The van der Waals surface area contributed by atoms with Crippen LogP contribution in [0.5, 0.6) is 0 Å². The lowest BCUT2D eigenvalue weighted by molar-refractivity contribution is -0.135. The Balaban J connectivity index is 2.97. The van der Waals surface area contributed by atoms with Crippen molar-refractivity contribution in [3.05, 3.63) is 0 Å². The zero-order chi connectivity index (χ0) is 17.7. The predicted octanol–water partition coefficient (Wildman–Crippen LogP) is 6.30. The Morgan fingerprint density at radius 1 is 0.625 bits per heavy atom. The maximum absolute atomic E-state index is 10.3. The number of aliphatic carboxylic acids is 1. The van der Waals surface area contributed by atoms with Crippen molar-refractivity contribution >= 4 is 21.9 Å². The van der Waals surface area contributed by atoms with E-state index in [0.29, 0.717) is 0 Å². The second kappa shape index (κ2) is 21.0. The number of carboxylic acids is 1. The van der Waals surface area contributed by atoms with E-state index in [-0.39, 0.29) is 6.54 Å². The van der Waals surface area contributed by atoms with Gasteiger partial charge in [0.05, 0.1) is 6.54 Å². The first-order chi connectivity index (χ1) is 11.8. The minimum Gasteiger partial charge on any atom is -0.480 e. The summed E-state index contributed by atoms with van der Waals surface area (Å²) in [7, 11) is 0. The molecule has 0 aliphatic rings. The van der Waals surface area contributed by atoms with Crippen LogP contribution in [0.2, 0.25) is 0 Å². The van der Waals surface area contributed by atoms with Crippen molar-refractivity contribution in [2.45, 2.75) is 103 Å². The maximum Gasteiger partial charge on any atom is 0.317 e. The molecule has 0 bridgehead atoms. The molecule has 0 unspecified atom stereocenters. The van der Waals surface area contributed by atoms with Crippen LogP contribution >= 0.6 is 15.9 Å². The van der Waals surface area contributed by atoms with Gasteiger partial charge in [-0.05, 0) is 19.4 Å². The van der Waals surface area contributed by atoms with Gasteiger partial charge in [0.25, 0.3) is 0 Å². The number of hydrogen-bond donors (Lipinski definition) is 2. The van der Waals surface area contributed by atoms with Gasteiger partial charge in [-0.2, -0.15) is 0 Å². The second-order valence-electron chi connectivity index (χ2n) is 6.92. The Morgan fingerprint density at radius 3 is 1.29 bits per heavy atom. The second-order valence-corrected chi connectivity index (χ2v) is 7.71. The highest BCUT2D eigenvalue weighted by Gasteiger charge is 1.96. The zero-order valence-electron chi connectivity index (χ0n) is 15.7. The third kappa shape index (κ3) is 21.9. The van der Waals surface area contributed by atoms with Crippen LogP contribution < -0.4 is 5.32 Å². The van der Waals surface area contributed by atoms with Crippen molar-refractivity contribution in [1.29, 1.82) is 0 Å². The standard InChI is InChI=1S/C20H40BrNO2/c21-17-15-13-11-9-7-5-3-1-2-4-6-8-10-12-14-16-18-22-19-20(23)24/h22H,1-19H2,(H,23,24). The van der Waals surface area contributed by atoms with Crippen molar-refractivity contribution in [2.75, 3.05) is 18.4 Å². The number of hydrogen-bond acceptors (Lipinski definition) is 2. The molecule has 0 spiro atoms. The van der Waals surface area contributed by atoms with E-state index in [2.05, 4.69) is 21.2 Å². The van der Waals surface area contributed by atoms with E-state index in [1.54, 1.807) is 0 Å². The summed E-state index contributed by atoms with van der Waals surface area (Å²) in [6.45, 7) is 0.931. The molecule has 0 aliphatic carbocycles. The Kier molecular flexibility index (Phi) is 20.9. The number of alkyl halides is 1. The topological polar surface area (TPSA) is 49.3 Å². The quantitative estimate of drug-likeness (QED) is 0.184. The highest BCUT2D eigenvalue weighted by atomic mass is 79.9. The molecule has 4 heteroatoms. The van der Waals surface area contributed by atoms with E-state index < -0.39 is 5.97 Å². The van der Waals surface area contributed by atoms with Gasteiger partial charge < -0.3 is 10.4 Å². The van der Waals surface area contributed by atoms with E-state index in [9.17, 15) is 4.79 Å². The predicted molar refractivity (Wildman–Crippen MR) is 108 cm³/mol. The van der Waals surface area contributed by atoms with Crippen molar-refractivity contribution in [2.24, 2.45) is 0 Å². The number of carboxylic acid groups (broad SMARTS) is 1. The normalized spacial score (nSPS) is 11.0. The Hall–Kier alpha value is -0.0900. The summed E-state index contributed by atoms with van der Waals surface area (Å²) in [5.41, 5.74) is 0. The molecule has 0 radical (unpaired) electrons. The number of rotatable bonds is 20. The Labute approximate surface area is 158 Å². The average Bonchev–Trinajstić information content (AvgIpc) is 2.56. The minimum atomic E-state index is -0.764. The molecule has 0 aromatic rings. The fraction of sp³-hybridized carbons (Fsp3) is 0.950. The minimum absolute atomic E-state index is 0.0944. The lowest BCUT2D eigenvalue weighted by Crippen LogP contribution is -2.23. The van der Waals surface area contributed by atoms with Crippen LogP contribution in [0.1, 0.15) is 103 Å². The number of carbonyl (C=O) groups is 1. The van der Waals surface area contributed by atoms with Gasteiger partial charge in [-0.25, -0.2) is 0 Å². The third-order valence-electron chi connectivity index (χ3n) is 4.51. The smallest absolute Gasteiger partial charge is 0.317 e. The van der Waals surface area contributed by atoms with Crippen LogP contribution in [-0.4, -0.2) is 29.5 Å². The maximum atomic E-state index is 10.3. The molecule has 144 valence electrons. The molecular formula is C20H40BrNO2. The highest BCUT2D eigenvalue weighted by Crippen LogP contribution is 2.13. The van der Waals surface area contributed by atoms with Crippen molar-refractivity contribution in [1.82, 2.24) is 5.32 Å². The zero-order valence-corrected chi connectivity index (χ0v) is 17.3. The molecule has 24 heavy (non-hydrogen) atoms. The summed E-state index contributed by atoms with van der Waals surface area (Å²) < 4.78 is 0. The van der Waals surface area contributed by atoms with Gasteiger partial charge in [-0.1, -0.05) is 106 Å². The van der Waals surface area contributed by atoms with Crippen LogP contribution in [0.3, 0.4) is 0 Å². The van der Waals surface area contributed by atoms with Crippen LogP contribution in [0, 0.1) is 0 Å². The largest absolute Gasteiger partial charge is 0.480 e. The van der Waals surface area contributed by atoms with E-state index in [4.69, 9.17) is 5.11 Å². The lowest BCUT2D eigenvalue weighted by Gasteiger charge is -2.04. The van der Waals surface area contributed by atoms with Gasteiger partial charge in [-0.15, -0.1) is 0 Å². The van der Waals surface area contributed by atoms with Gasteiger partial charge >= 0.3 is 5.97 Å². The molecule has 0 atom stereocenters. The SMILES string of the molecule is O=C(O)CNCCCCCCCCCCCCCCCCCCBr. The van der Waals surface area contributed by atoms with E-state index >= 15 is 0 Å². The van der Waals surface area contributed by atoms with E-state index in [0.717, 1.165) is 18.3 Å². The van der Waals surface area contributed by atoms with Gasteiger partial charge in [0.15, 0.2) is 0 Å². The number of halogens is 1. The average molecular weight is 406 g/mol.